The maximum atomic E-state index is 12.1. The third-order valence-electron chi connectivity index (χ3n) is 9.76. The van der Waals surface area contributed by atoms with Gasteiger partial charge in [-0.25, -0.2) is 4.79 Å². The number of carbonyl (C=O) groups excluding carboxylic acids is 3. The summed E-state index contributed by atoms with van der Waals surface area (Å²) in [5.41, 5.74) is 0. The summed E-state index contributed by atoms with van der Waals surface area (Å²) in [6, 6.07) is 7.45. The number of amides is 4. The standard InChI is InChI=1S/C43H72N4O11S2/c1-35(59)56-22-12-8-6-4-2-3-5-7-11-21-51-25-28-54-29-30-55-31-32-57-36-15-17-37(18-16-36)58-33-41(49)45-20-24-53-27-26-52-23-19-44-40(48)14-10-9-13-39-42-38(34-60-39)46-43(50)47-42/h15-18,38-39,42H,2-14,19-34H2,1H3,(H,44,48)(H,45,49)(H2,46,47,50)/t38?,39-,42?/m0/s1. The molecule has 4 N–H and O–H groups in total. The SMILES string of the molecule is CC(=S)OCCCCCCCCCCCOCCOCCOCCOc1ccc(OCC(=O)NCCOCCOCCNC(=O)CCCC[C@@H]2SCC3NC(=O)NC32)cc1. The van der Waals surface area contributed by atoms with Crippen LogP contribution >= 0.6 is 24.0 Å². The van der Waals surface area contributed by atoms with E-state index in [4.69, 9.17) is 50.1 Å². The van der Waals surface area contributed by atoms with Crippen LogP contribution < -0.4 is 30.7 Å². The van der Waals surface area contributed by atoms with Crippen LogP contribution in [0.4, 0.5) is 4.79 Å². The predicted molar refractivity (Wildman–Crippen MR) is 237 cm³/mol. The third-order valence-corrected chi connectivity index (χ3v) is 11.4. The molecule has 2 saturated heterocycles. The van der Waals surface area contributed by atoms with E-state index >= 15 is 0 Å². The molecule has 1 aromatic rings. The number of nitrogens with one attached hydrogen (secondary N) is 4. The number of hydrogen-bond donors (Lipinski definition) is 4. The fraction of sp³-hybridized carbons (Fsp3) is 0.767. The second kappa shape index (κ2) is 34.6. The highest BCUT2D eigenvalue weighted by atomic mass is 32.2. The topological polar surface area (TPSA) is 173 Å². The number of hydrogen-bond acceptors (Lipinski definition) is 13. The average molecular weight is 885 g/mol. The minimum Gasteiger partial charge on any atom is -0.491 e. The molecule has 0 aromatic heterocycles. The summed E-state index contributed by atoms with van der Waals surface area (Å²) in [4.78, 5) is 35.7. The smallest absolute Gasteiger partial charge is 0.315 e. The molecule has 0 spiro atoms. The van der Waals surface area contributed by atoms with Crippen LogP contribution in [0.15, 0.2) is 24.3 Å². The van der Waals surface area contributed by atoms with Gasteiger partial charge in [0.2, 0.25) is 5.91 Å². The zero-order valence-electron chi connectivity index (χ0n) is 35.9. The van der Waals surface area contributed by atoms with Crippen molar-refractivity contribution in [2.75, 3.05) is 105 Å². The lowest BCUT2D eigenvalue weighted by atomic mass is 10.0. The minimum atomic E-state index is -0.245. The monoisotopic (exact) mass is 884 g/mol. The van der Waals surface area contributed by atoms with Gasteiger partial charge in [0.25, 0.3) is 5.91 Å². The molecule has 15 nitrogen and oxygen atoms in total. The highest BCUT2D eigenvalue weighted by Gasteiger charge is 2.42. The third kappa shape index (κ3) is 26.4. The van der Waals surface area contributed by atoms with Crippen LogP contribution in [-0.4, -0.2) is 145 Å². The Bertz CT molecular complexity index is 1300. The van der Waals surface area contributed by atoms with E-state index < -0.39 is 0 Å². The maximum Gasteiger partial charge on any atom is 0.315 e. The second-order valence-electron chi connectivity index (χ2n) is 14.8. The van der Waals surface area contributed by atoms with Crippen LogP contribution in [0.2, 0.25) is 0 Å². The number of ether oxygens (including phenoxy) is 8. The van der Waals surface area contributed by atoms with E-state index in [9.17, 15) is 14.4 Å². The molecule has 0 saturated carbocycles. The number of thioether (sulfide) groups is 1. The molecule has 0 bridgehead atoms. The number of fused-ring (bicyclic) bond motifs is 1. The first kappa shape index (κ1) is 51.4. The van der Waals surface area contributed by atoms with Crippen molar-refractivity contribution in [2.24, 2.45) is 0 Å². The van der Waals surface area contributed by atoms with Gasteiger partial charge in [-0.15, -0.1) is 0 Å². The van der Waals surface area contributed by atoms with Crippen molar-refractivity contribution in [1.82, 2.24) is 21.3 Å². The van der Waals surface area contributed by atoms with Crippen molar-refractivity contribution in [3.63, 3.8) is 0 Å². The van der Waals surface area contributed by atoms with Gasteiger partial charge in [0, 0.05) is 44.0 Å². The van der Waals surface area contributed by atoms with E-state index in [-0.39, 0.29) is 36.5 Å². The van der Waals surface area contributed by atoms with Gasteiger partial charge in [0.15, 0.2) is 11.7 Å². The van der Waals surface area contributed by atoms with Gasteiger partial charge in [-0.2, -0.15) is 11.8 Å². The molecule has 2 unspecified atom stereocenters. The summed E-state index contributed by atoms with van der Waals surface area (Å²) in [5.74, 6) is 1.97. The molecular formula is C43H72N4O11S2. The van der Waals surface area contributed by atoms with Crippen LogP contribution in [0.1, 0.15) is 90.4 Å². The summed E-state index contributed by atoms with van der Waals surface area (Å²) in [6.07, 6.45) is 14.3. The Morgan fingerprint density at radius 1 is 0.633 bits per heavy atom. The molecule has 2 aliphatic heterocycles. The van der Waals surface area contributed by atoms with Crippen molar-refractivity contribution in [3.05, 3.63) is 24.3 Å². The van der Waals surface area contributed by atoms with Gasteiger partial charge >= 0.3 is 6.03 Å². The van der Waals surface area contributed by atoms with Crippen LogP contribution in [0.5, 0.6) is 11.5 Å². The van der Waals surface area contributed by atoms with Gasteiger partial charge in [0.1, 0.15) is 18.1 Å². The summed E-state index contributed by atoms with van der Waals surface area (Å²) in [6.45, 7) is 8.63. The highest BCUT2D eigenvalue weighted by Crippen LogP contribution is 2.33. The van der Waals surface area contributed by atoms with Crippen molar-refractivity contribution < 1.29 is 52.3 Å². The Kier molecular flexibility index (Phi) is 29.7. The first-order chi connectivity index (χ1) is 29.4. The zero-order valence-corrected chi connectivity index (χ0v) is 37.5. The van der Waals surface area contributed by atoms with Gasteiger partial charge in [-0.1, -0.05) is 51.4 Å². The van der Waals surface area contributed by atoms with Gasteiger partial charge in [-0.05, 0) is 62.2 Å². The lowest BCUT2D eigenvalue weighted by Crippen LogP contribution is -2.36. The molecule has 3 atom stereocenters. The van der Waals surface area contributed by atoms with Crippen molar-refractivity contribution in [2.45, 2.75) is 108 Å². The molecule has 3 rings (SSSR count). The molecule has 342 valence electrons. The van der Waals surface area contributed by atoms with E-state index in [1.165, 1.54) is 44.9 Å². The molecule has 1 aromatic carbocycles. The van der Waals surface area contributed by atoms with E-state index in [1.807, 2.05) is 18.7 Å². The van der Waals surface area contributed by atoms with Crippen molar-refractivity contribution in [1.29, 1.82) is 0 Å². The Labute approximate surface area is 367 Å². The zero-order chi connectivity index (χ0) is 42.7. The van der Waals surface area contributed by atoms with Crippen LogP contribution in [0, 0.1) is 0 Å². The van der Waals surface area contributed by atoms with Crippen LogP contribution in [0.25, 0.3) is 0 Å². The lowest BCUT2D eigenvalue weighted by molar-refractivity contribution is -0.123. The number of thiocarbonyl (C=S) groups is 1. The Morgan fingerprint density at radius 2 is 1.15 bits per heavy atom. The number of benzene rings is 1. The van der Waals surface area contributed by atoms with Gasteiger partial charge in [-0.3, -0.25) is 9.59 Å². The van der Waals surface area contributed by atoms with Crippen molar-refractivity contribution in [3.8, 4) is 11.5 Å². The Balaban J connectivity index is 0.988. The summed E-state index contributed by atoms with van der Waals surface area (Å²) < 4.78 is 44.4. The minimum absolute atomic E-state index is 0.0200. The normalized spacial score (nSPS) is 16.8. The molecule has 0 radical (unpaired) electrons. The maximum absolute atomic E-state index is 12.1. The molecule has 2 aliphatic rings. The van der Waals surface area contributed by atoms with Crippen LogP contribution in [-0.2, 0) is 38.0 Å². The van der Waals surface area contributed by atoms with E-state index in [0.717, 1.165) is 51.1 Å². The molecule has 2 heterocycles. The fourth-order valence-electron chi connectivity index (χ4n) is 6.56. The Morgan fingerprint density at radius 3 is 1.77 bits per heavy atom. The van der Waals surface area contributed by atoms with E-state index in [0.29, 0.717) is 107 Å². The fourth-order valence-corrected chi connectivity index (χ4v) is 8.19. The first-order valence-corrected chi connectivity index (χ1v) is 23.5. The molecule has 2 fully saturated rings. The van der Waals surface area contributed by atoms with E-state index in [2.05, 4.69) is 21.3 Å². The summed E-state index contributed by atoms with van der Waals surface area (Å²) in [5, 5.41) is 12.7. The highest BCUT2D eigenvalue weighted by molar-refractivity contribution is 8.00. The van der Waals surface area contributed by atoms with Crippen molar-refractivity contribution >= 4 is 46.9 Å². The molecule has 60 heavy (non-hydrogen) atoms. The first-order valence-electron chi connectivity index (χ1n) is 22.0. The molecular weight excluding hydrogens is 813 g/mol. The lowest BCUT2D eigenvalue weighted by Gasteiger charge is -2.16. The average Bonchev–Trinajstić information content (AvgIpc) is 3.80. The van der Waals surface area contributed by atoms with Crippen LogP contribution in [0.3, 0.4) is 0 Å². The second-order valence-corrected chi connectivity index (χ2v) is 16.6. The van der Waals surface area contributed by atoms with E-state index in [1.54, 1.807) is 24.3 Å². The summed E-state index contributed by atoms with van der Waals surface area (Å²) in [7, 11) is 0. The summed E-state index contributed by atoms with van der Waals surface area (Å²) >= 11 is 6.80. The molecule has 4 amide bonds. The molecule has 17 heteroatoms. The van der Waals surface area contributed by atoms with Gasteiger partial charge < -0.3 is 59.2 Å². The number of unbranched alkanes of at least 4 members (excludes halogenated alkanes) is 9. The number of rotatable bonds is 39. The Hall–Kier alpha value is -2.93. The predicted octanol–water partition coefficient (Wildman–Crippen LogP) is 5.36. The van der Waals surface area contributed by atoms with Gasteiger partial charge in [0.05, 0.1) is 78.2 Å². The number of urea groups is 1. The molecule has 0 aliphatic carbocycles. The number of carbonyl (C=O) groups is 3. The largest absolute Gasteiger partial charge is 0.491 e. The quantitative estimate of drug-likeness (QED) is 0.0379.